The van der Waals surface area contributed by atoms with Crippen molar-refractivity contribution in [1.82, 2.24) is 4.57 Å². The fourth-order valence-electron chi connectivity index (χ4n) is 4.56. The van der Waals surface area contributed by atoms with E-state index in [-0.39, 0.29) is 18.2 Å². The predicted molar refractivity (Wildman–Crippen MR) is 110 cm³/mol. The quantitative estimate of drug-likeness (QED) is 0.459. The van der Waals surface area contributed by atoms with Crippen LogP contribution in [0.5, 0.6) is 0 Å². The van der Waals surface area contributed by atoms with E-state index in [0.717, 1.165) is 12.1 Å². The van der Waals surface area contributed by atoms with Crippen molar-refractivity contribution in [3.8, 4) is 0 Å². The Morgan fingerprint density at radius 3 is 2.62 bits per heavy atom. The smallest absolute Gasteiger partial charge is 0.174 e. The zero-order chi connectivity index (χ0) is 18.9. The molecule has 148 valence electrons. The Labute approximate surface area is 177 Å². The first-order valence-corrected chi connectivity index (χ1v) is 10.1. The summed E-state index contributed by atoms with van der Waals surface area (Å²) in [7, 11) is 0. The minimum absolute atomic E-state index is 0. The van der Waals surface area contributed by atoms with Gasteiger partial charge in [0.15, 0.2) is 18.9 Å². The van der Waals surface area contributed by atoms with Crippen molar-refractivity contribution in [2.75, 3.05) is 0 Å². The number of benzene rings is 2. The molecule has 2 heterocycles. The number of aromatic nitrogens is 2. The SMILES string of the molecule is Fc1cccc(C[n+]2cccc(Cn3c4c(c5ccccc53)CCCC4)c2)c1.[Cl-]. The number of aryl methyl sites for hydroxylation is 1. The van der Waals surface area contributed by atoms with Crippen LogP contribution in [0.3, 0.4) is 0 Å². The second kappa shape index (κ2) is 8.38. The molecule has 0 fully saturated rings. The van der Waals surface area contributed by atoms with Gasteiger partial charge in [0.1, 0.15) is 5.82 Å². The van der Waals surface area contributed by atoms with E-state index in [2.05, 4.69) is 57.9 Å². The highest BCUT2D eigenvalue weighted by Gasteiger charge is 2.20. The summed E-state index contributed by atoms with van der Waals surface area (Å²) in [6, 6.07) is 19.9. The number of pyridine rings is 1. The van der Waals surface area contributed by atoms with Crippen LogP contribution in [0.15, 0.2) is 73.1 Å². The molecule has 5 rings (SSSR count). The van der Waals surface area contributed by atoms with Gasteiger partial charge in [-0.05, 0) is 55.5 Å². The molecule has 0 unspecified atom stereocenters. The number of rotatable bonds is 4. The maximum atomic E-state index is 13.5. The van der Waals surface area contributed by atoms with Gasteiger partial charge < -0.3 is 17.0 Å². The van der Waals surface area contributed by atoms with E-state index < -0.39 is 0 Å². The highest BCUT2D eigenvalue weighted by Crippen LogP contribution is 2.32. The normalized spacial score (nSPS) is 13.1. The largest absolute Gasteiger partial charge is 1.00 e. The van der Waals surface area contributed by atoms with Gasteiger partial charge in [0, 0.05) is 33.8 Å². The Bertz CT molecular complexity index is 1150. The lowest BCUT2D eigenvalue weighted by Gasteiger charge is -2.16. The fourth-order valence-corrected chi connectivity index (χ4v) is 4.56. The third-order valence-electron chi connectivity index (χ3n) is 5.80. The lowest BCUT2D eigenvalue weighted by atomic mass is 9.95. The van der Waals surface area contributed by atoms with Crippen LogP contribution >= 0.6 is 0 Å². The minimum atomic E-state index is -0.181. The van der Waals surface area contributed by atoms with Gasteiger partial charge in [0.2, 0.25) is 0 Å². The number of hydrogen-bond donors (Lipinski definition) is 0. The van der Waals surface area contributed by atoms with Gasteiger partial charge in [-0.1, -0.05) is 30.3 Å². The van der Waals surface area contributed by atoms with Gasteiger partial charge in [-0.15, -0.1) is 0 Å². The lowest BCUT2D eigenvalue weighted by Crippen LogP contribution is -3.00. The maximum Gasteiger partial charge on any atom is 0.174 e. The molecule has 0 N–H and O–H groups in total. The van der Waals surface area contributed by atoms with Crippen LogP contribution in [0, 0.1) is 5.82 Å². The molecule has 1 aliphatic rings. The van der Waals surface area contributed by atoms with Crippen molar-refractivity contribution in [1.29, 1.82) is 0 Å². The molecule has 2 aromatic carbocycles. The zero-order valence-electron chi connectivity index (χ0n) is 16.3. The number of fused-ring (bicyclic) bond motifs is 3. The Hall–Kier alpha value is -2.65. The Morgan fingerprint density at radius 1 is 0.897 bits per heavy atom. The van der Waals surface area contributed by atoms with Gasteiger partial charge in [0.25, 0.3) is 0 Å². The summed E-state index contributed by atoms with van der Waals surface area (Å²) in [5.74, 6) is -0.181. The Kier molecular flexibility index (Phi) is 5.68. The third kappa shape index (κ3) is 3.92. The second-order valence-electron chi connectivity index (χ2n) is 7.75. The van der Waals surface area contributed by atoms with Crippen LogP contribution in [0.2, 0.25) is 0 Å². The van der Waals surface area contributed by atoms with E-state index in [1.165, 1.54) is 53.9 Å². The highest BCUT2D eigenvalue weighted by atomic mass is 35.5. The summed E-state index contributed by atoms with van der Waals surface area (Å²) in [6.07, 6.45) is 9.17. The first-order valence-electron chi connectivity index (χ1n) is 10.1. The molecule has 4 heteroatoms. The third-order valence-corrected chi connectivity index (χ3v) is 5.80. The van der Waals surface area contributed by atoms with E-state index in [0.29, 0.717) is 6.54 Å². The Morgan fingerprint density at radius 2 is 1.72 bits per heavy atom. The standard InChI is InChI=1S/C25H24FN2.ClH/c26-21-9-5-7-19(15-21)16-27-14-6-8-20(17-27)18-28-24-12-3-1-10-22(24)23-11-2-4-13-25(23)28;/h1,3,5-10,12,14-15,17H,2,4,11,13,16,18H2;1H/q+1;/p-1. The number of nitrogens with zero attached hydrogens (tertiary/aromatic N) is 2. The first kappa shape index (κ1) is 19.7. The van der Waals surface area contributed by atoms with Gasteiger partial charge in [-0.25, -0.2) is 8.96 Å². The molecule has 0 aliphatic heterocycles. The predicted octanol–water partition coefficient (Wildman–Crippen LogP) is 2.05. The Balaban J connectivity index is 0.00000205. The van der Waals surface area contributed by atoms with Crippen molar-refractivity contribution < 1.29 is 21.4 Å². The molecular formula is C25H24ClFN2. The summed E-state index contributed by atoms with van der Waals surface area (Å²) in [6.45, 7) is 1.55. The van der Waals surface area contributed by atoms with Crippen LogP contribution in [-0.2, 0) is 25.9 Å². The average Bonchev–Trinajstić information content (AvgIpc) is 3.03. The maximum absolute atomic E-state index is 13.5. The van der Waals surface area contributed by atoms with Gasteiger partial charge >= 0.3 is 0 Å². The highest BCUT2D eigenvalue weighted by molar-refractivity contribution is 5.86. The van der Waals surface area contributed by atoms with E-state index in [1.807, 2.05) is 6.07 Å². The monoisotopic (exact) mass is 406 g/mol. The summed E-state index contributed by atoms with van der Waals surface area (Å²) < 4.78 is 18.1. The van der Waals surface area contributed by atoms with Crippen molar-refractivity contribution in [3.63, 3.8) is 0 Å². The summed E-state index contributed by atoms with van der Waals surface area (Å²) in [5.41, 5.74) is 6.65. The first-order chi connectivity index (χ1) is 13.8. The van der Waals surface area contributed by atoms with E-state index in [4.69, 9.17) is 0 Å². The average molecular weight is 407 g/mol. The van der Waals surface area contributed by atoms with Crippen LogP contribution in [-0.4, -0.2) is 4.57 Å². The molecule has 1 aliphatic carbocycles. The lowest BCUT2D eigenvalue weighted by molar-refractivity contribution is -0.688. The molecule has 29 heavy (non-hydrogen) atoms. The molecule has 2 nitrogen and oxygen atoms in total. The van der Waals surface area contributed by atoms with E-state index >= 15 is 0 Å². The van der Waals surface area contributed by atoms with Crippen LogP contribution < -0.4 is 17.0 Å². The van der Waals surface area contributed by atoms with Crippen molar-refractivity contribution >= 4 is 10.9 Å². The molecule has 0 bridgehead atoms. The van der Waals surface area contributed by atoms with Crippen molar-refractivity contribution in [2.24, 2.45) is 0 Å². The van der Waals surface area contributed by atoms with Crippen LogP contribution in [0.4, 0.5) is 4.39 Å². The molecular weight excluding hydrogens is 383 g/mol. The molecule has 0 amide bonds. The molecule has 0 radical (unpaired) electrons. The number of hydrogen-bond acceptors (Lipinski definition) is 0. The van der Waals surface area contributed by atoms with E-state index in [9.17, 15) is 4.39 Å². The number of para-hydroxylation sites is 1. The van der Waals surface area contributed by atoms with Crippen molar-refractivity contribution in [2.45, 2.75) is 38.8 Å². The van der Waals surface area contributed by atoms with E-state index in [1.54, 1.807) is 17.7 Å². The van der Waals surface area contributed by atoms with Crippen molar-refractivity contribution in [3.05, 3.63) is 101 Å². The molecule has 0 spiro atoms. The van der Waals surface area contributed by atoms with Gasteiger partial charge in [-0.3, -0.25) is 0 Å². The zero-order valence-corrected chi connectivity index (χ0v) is 17.1. The summed E-state index contributed by atoms with van der Waals surface area (Å²) in [5, 5.41) is 1.42. The molecule has 2 aromatic heterocycles. The topological polar surface area (TPSA) is 8.81 Å². The molecule has 4 aromatic rings. The van der Waals surface area contributed by atoms with Gasteiger partial charge in [-0.2, -0.15) is 0 Å². The van der Waals surface area contributed by atoms with Crippen LogP contribution in [0.25, 0.3) is 10.9 Å². The summed E-state index contributed by atoms with van der Waals surface area (Å²) >= 11 is 0. The second-order valence-corrected chi connectivity index (χ2v) is 7.75. The summed E-state index contributed by atoms with van der Waals surface area (Å²) in [4.78, 5) is 0. The molecule has 0 saturated heterocycles. The number of halogens is 2. The van der Waals surface area contributed by atoms with Crippen LogP contribution in [0.1, 0.15) is 35.2 Å². The minimum Gasteiger partial charge on any atom is -1.00 e. The molecule has 0 atom stereocenters. The fraction of sp³-hybridized carbons (Fsp3) is 0.240. The van der Waals surface area contributed by atoms with Gasteiger partial charge in [0.05, 0.1) is 6.54 Å². The molecule has 0 saturated carbocycles.